The molecule has 2 N–H and O–H groups in total. The van der Waals surface area contributed by atoms with Gasteiger partial charge in [0.05, 0.1) is 6.61 Å². The molecule has 2 rings (SSSR count). The van der Waals surface area contributed by atoms with Gasteiger partial charge in [0, 0.05) is 10.0 Å². The number of benzene rings is 1. The van der Waals surface area contributed by atoms with Crippen LogP contribution in [0.1, 0.15) is 18.4 Å². The molecule has 1 aromatic rings. The van der Waals surface area contributed by atoms with E-state index < -0.39 is 51.9 Å². The molecule has 0 unspecified atom stereocenters. The SMILES string of the molecule is O=S(=O)(NC1(C(F)(F)F)CC1)c1cc(Br)cc(CO)c1F. The Balaban J connectivity index is 2.44. The molecule has 0 aliphatic heterocycles. The number of rotatable bonds is 4. The smallest absolute Gasteiger partial charge is 0.392 e. The van der Waals surface area contributed by atoms with Gasteiger partial charge >= 0.3 is 6.18 Å². The van der Waals surface area contributed by atoms with E-state index >= 15 is 0 Å². The van der Waals surface area contributed by atoms with Gasteiger partial charge in [0.1, 0.15) is 16.3 Å². The summed E-state index contributed by atoms with van der Waals surface area (Å²) < 4.78 is 78.0. The lowest BCUT2D eigenvalue weighted by atomic mass is 10.2. The van der Waals surface area contributed by atoms with Crippen molar-refractivity contribution < 1.29 is 31.1 Å². The number of sulfonamides is 1. The molecule has 1 saturated carbocycles. The molecule has 0 bridgehead atoms. The van der Waals surface area contributed by atoms with Crippen LogP contribution in [0, 0.1) is 5.82 Å². The van der Waals surface area contributed by atoms with E-state index in [1.165, 1.54) is 4.72 Å². The highest BCUT2D eigenvalue weighted by Gasteiger charge is 2.65. The van der Waals surface area contributed by atoms with E-state index in [9.17, 15) is 26.0 Å². The first-order chi connectivity index (χ1) is 9.52. The first-order valence-electron chi connectivity index (χ1n) is 5.72. The van der Waals surface area contributed by atoms with E-state index in [0.29, 0.717) is 0 Å². The molecule has 0 radical (unpaired) electrons. The molecule has 1 fully saturated rings. The molecule has 0 heterocycles. The standard InChI is InChI=1S/C11H10BrF4NO3S/c12-7-3-6(5-18)9(13)8(4-7)21(19,20)17-10(1-2-10)11(14,15)16/h3-4,17-18H,1-2,5H2. The Bertz CT molecular complexity index is 671. The molecule has 21 heavy (non-hydrogen) atoms. The fourth-order valence-corrected chi connectivity index (χ4v) is 4.06. The number of aliphatic hydroxyl groups is 1. The van der Waals surface area contributed by atoms with Crippen LogP contribution in [-0.4, -0.2) is 25.2 Å². The second kappa shape index (κ2) is 5.18. The van der Waals surface area contributed by atoms with Crippen LogP contribution in [0.4, 0.5) is 17.6 Å². The highest BCUT2D eigenvalue weighted by Crippen LogP contribution is 2.49. The van der Waals surface area contributed by atoms with E-state index in [1.807, 2.05) is 0 Å². The van der Waals surface area contributed by atoms with E-state index in [-0.39, 0.29) is 10.0 Å². The highest BCUT2D eigenvalue weighted by molar-refractivity contribution is 9.10. The lowest BCUT2D eigenvalue weighted by molar-refractivity contribution is -0.160. The second-order valence-electron chi connectivity index (χ2n) is 4.72. The second-order valence-corrected chi connectivity index (χ2v) is 7.29. The number of aliphatic hydroxyl groups excluding tert-OH is 1. The van der Waals surface area contributed by atoms with Gasteiger partial charge < -0.3 is 5.11 Å². The number of alkyl halides is 3. The van der Waals surface area contributed by atoms with Crippen molar-refractivity contribution in [3.63, 3.8) is 0 Å². The maximum atomic E-state index is 14.0. The number of nitrogens with one attached hydrogen (secondary N) is 1. The summed E-state index contributed by atoms with van der Waals surface area (Å²) in [4.78, 5) is -0.934. The van der Waals surface area contributed by atoms with Crippen LogP contribution >= 0.6 is 15.9 Å². The quantitative estimate of drug-likeness (QED) is 0.774. The Labute approximate surface area is 126 Å². The highest BCUT2D eigenvalue weighted by atomic mass is 79.9. The Morgan fingerprint density at radius 1 is 1.33 bits per heavy atom. The first-order valence-corrected chi connectivity index (χ1v) is 7.99. The maximum absolute atomic E-state index is 14.0. The summed E-state index contributed by atoms with van der Waals surface area (Å²) >= 11 is 2.92. The summed E-state index contributed by atoms with van der Waals surface area (Å²) in [6.07, 6.45) is -5.53. The summed E-state index contributed by atoms with van der Waals surface area (Å²) in [5.41, 5.74) is -2.86. The number of hydrogen-bond acceptors (Lipinski definition) is 3. The molecule has 1 aliphatic carbocycles. The number of hydrogen-bond donors (Lipinski definition) is 2. The summed E-state index contributed by atoms with van der Waals surface area (Å²) in [5.74, 6) is -1.27. The Hall–Kier alpha value is -0.710. The van der Waals surface area contributed by atoms with Crippen LogP contribution in [0.3, 0.4) is 0 Å². The Morgan fingerprint density at radius 2 is 1.90 bits per heavy atom. The zero-order valence-electron chi connectivity index (χ0n) is 10.3. The third-order valence-corrected chi connectivity index (χ3v) is 5.15. The van der Waals surface area contributed by atoms with Crippen molar-refractivity contribution in [3.8, 4) is 0 Å². The van der Waals surface area contributed by atoms with Crippen molar-refractivity contribution in [2.24, 2.45) is 0 Å². The van der Waals surface area contributed by atoms with Gasteiger partial charge in [0.2, 0.25) is 10.0 Å². The van der Waals surface area contributed by atoms with Crippen LogP contribution in [0.5, 0.6) is 0 Å². The van der Waals surface area contributed by atoms with Crippen molar-refractivity contribution >= 4 is 26.0 Å². The molecular weight excluding hydrogens is 382 g/mol. The fourth-order valence-electron chi connectivity index (χ4n) is 1.81. The van der Waals surface area contributed by atoms with Gasteiger partial charge in [-0.1, -0.05) is 15.9 Å². The molecule has 0 atom stereocenters. The van der Waals surface area contributed by atoms with E-state index in [1.54, 1.807) is 0 Å². The Morgan fingerprint density at radius 3 is 2.33 bits per heavy atom. The molecule has 4 nitrogen and oxygen atoms in total. The summed E-state index contributed by atoms with van der Waals surface area (Å²) in [6, 6.07) is 1.99. The van der Waals surface area contributed by atoms with Gasteiger partial charge in [-0.3, -0.25) is 0 Å². The normalized spacial score (nSPS) is 17.8. The van der Waals surface area contributed by atoms with Gasteiger partial charge in [-0.05, 0) is 25.0 Å². The van der Waals surface area contributed by atoms with Crippen molar-refractivity contribution in [3.05, 3.63) is 28.0 Å². The molecule has 0 amide bonds. The third kappa shape index (κ3) is 3.08. The number of halogens is 5. The lowest BCUT2D eigenvalue weighted by Gasteiger charge is -2.21. The minimum Gasteiger partial charge on any atom is -0.392 e. The van der Waals surface area contributed by atoms with Crippen molar-refractivity contribution in [1.82, 2.24) is 4.72 Å². The largest absolute Gasteiger partial charge is 0.407 e. The van der Waals surface area contributed by atoms with E-state index in [0.717, 1.165) is 12.1 Å². The average Bonchev–Trinajstić information content (AvgIpc) is 3.11. The zero-order chi connectivity index (χ0) is 16.1. The predicted octanol–water partition coefficient (Wildman–Crippen LogP) is 2.45. The monoisotopic (exact) mass is 391 g/mol. The van der Waals surface area contributed by atoms with Crippen LogP contribution in [0.25, 0.3) is 0 Å². The third-order valence-electron chi connectivity index (χ3n) is 3.16. The Kier molecular flexibility index (Phi) is 4.11. The van der Waals surface area contributed by atoms with Crippen molar-refractivity contribution in [2.75, 3.05) is 0 Å². The fraction of sp³-hybridized carbons (Fsp3) is 0.455. The minimum atomic E-state index is -4.75. The summed E-state index contributed by atoms with van der Waals surface area (Å²) in [6.45, 7) is -0.780. The van der Waals surface area contributed by atoms with E-state index in [2.05, 4.69) is 15.9 Å². The topological polar surface area (TPSA) is 66.4 Å². The molecule has 118 valence electrons. The molecule has 1 aromatic carbocycles. The molecule has 0 aromatic heterocycles. The zero-order valence-corrected chi connectivity index (χ0v) is 12.7. The predicted molar refractivity (Wildman–Crippen MR) is 68.4 cm³/mol. The minimum absolute atomic E-state index is 0.130. The summed E-state index contributed by atoms with van der Waals surface area (Å²) in [7, 11) is -4.71. The van der Waals surface area contributed by atoms with Gasteiger partial charge in [-0.2, -0.15) is 17.9 Å². The molecule has 0 spiro atoms. The van der Waals surface area contributed by atoms with Crippen LogP contribution in [-0.2, 0) is 16.6 Å². The first kappa shape index (κ1) is 16.7. The molecule has 0 saturated heterocycles. The molecule has 1 aliphatic rings. The summed E-state index contributed by atoms with van der Waals surface area (Å²) in [5, 5.41) is 8.95. The van der Waals surface area contributed by atoms with Gasteiger partial charge in [-0.25, -0.2) is 12.8 Å². The maximum Gasteiger partial charge on any atom is 0.407 e. The van der Waals surface area contributed by atoms with Crippen molar-refractivity contribution in [1.29, 1.82) is 0 Å². The van der Waals surface area contributed by atoms with Crippen LogP contribution < -0.4 is 4.72 Å². The molecular formula is C11H10BrF4NO3S. The lowest BCUT2D eigenvalue weighted by Crippen LogP contribution is -2.47. The van der Waals surface area contributed by atoms with Crippen LogP contribution in [0.2, 0.25) is 0 Å². The average molecular weight is 392 g/mol. The molecule has 10 heteroatoms. The van der Waals surface area contributed by atoms with Crippen LogP contribution in [0.15, 0.2) is 21.5 Å². The van der Waals surface area contributed by atoms with Gasteiger partial charge in [0.25, 0.3) is 0 Å². The van der Waals surface area contributed by atoms with Gasteiger partial charge in [0.15, 0.2) is 0 Å². The van der Waals surface area contributed by atoms with Gasteiger partial charge in [-0.15, -0.1) is 0 Å². The van der Waals surface area contributed by atoms with Crippen molar-refractivity contribution in [2.45, 2.75) is 36.1 Å². The van der Waals surface area contributed by atoms with E-state index in [4.69, 9.17) is 5.11 Å².